The van der Waals surface area contributed by atoms with Gasteiger partial charge in [0.15, 0.2) is 10.8 Å². The average molecular weight is 426 g/mol. The third kappa shape index (κ3) is 3.54. The van der Waals surface area contributed by atoms with Gasteiger partial charge in [-0.25, -0.2) is 14.8 Å². The van der Waals surface area contributed by atoms with Crippen LogP contribution in [0.25, 0.3) is 27.4 Å². The van der Waals surface area contributed by atoms with Crippen molar-refractivity contribution in [2.24, 2.45) is 0 Å². The lowest BCUT2D eigenvalue weighted by Crippen LogP contribution is -2.21. The molecule has 0 atom stereocenters. The van der Waals surface area contributed by atoms with E-state index in [0.717, 1.165) is 11.3 Å². The van der Waals surface area contributed by atoms with Crippen LogP contribution in [0.4, 0.5) is 0 Å². The van der Waals surface area contributed by atoms with E-state index < -0.39 is 11.4 Å². The molecule has 0 aliphatic rings. The molecular weight excluding hydrogens is 410 g/mol. The minimum Gasteiger partial charge on any atom is -0.462 e. The van der Waals surface area contributed by atoms with Crippen LogP contribution in [0.15, 0.2) is 52.8 Å². The monoisotopic (exact) mass is 425 g/mol. The molecule has 4 rings (SSSR count). The zero-order valence-electron chi connectivity index (χ0n) is 15.7. The van der Waals surface area contributed by atoms with Crippen LogP contribution < -0.4 is 5.43 Å². The van der Waals surface area contributed by atoms with Crippen LogP contribution in [-0.2, 0) is 4.74 Å². The van der Waals surface area contributed by atoms with E-state index in [1.165, 1.54) is 17.5 Å². The van der Waals surface area contributed by atoms with E-state index in [-0.39, 0.29) is 17.3 Å². The van der Waals surface area contributed by atoms with Gasteiger partial charge in [-0.05, 0) is 25.5 Å². The van der Waals surface area contributed by atoms with E-state index in [1.54, 1.807) is 24.5 Å². The summed E-state index contributed by atoms with van der Waals surface area (Å²) < 4.78 is 6.69. The number of aryl methyl sites for hydroxylation is 1. The molecule has 0 aliphatic carbocycles. The summed E-state index contributed by atoms with van der Waals surface area (Å²) in [5.74, 6) is -0.678. The molecule has 0 aliphatic heterocycles. The molecule has 146 valence electrons. The van der Waals surface area contributed by atoms with Gasteiger partial charge in [0.2, 0.25) is 5.43 Å². The topological polar surface area (TPSA) is 74.1 Å². The molecular formula is C21H16ClN3O3S. The molecule has 6 nitrogen and oxygen atoms in total. The van der Waals surface area contributed by atoms with Crippen molar-refractivity contribution in [1.29, 1.82) is 0 Å². The first-order chi connectivity index (χ1) is 14.0. The first kappa shape index (κ1) is 19.3. The molecule has 0 saturated heterocycles. The zero-order chi connectivity index (χ0) is 20.5. The minimum absolute atomic E-state index is 0.0666. The van der Waals surface area contributed by atoms with Crippen molar-refractivity contribution in [3.05, 3.63) is 74.5 Å². The number of nitrogens with zero attached hydrogens (tertiary/aromatic N) is 3. The van der Waals surface area contributed by atoms with Crippen LogP contribution in [0.2, 0.25) is 5.15 Å². The first-order valence-corrected chi connectivity index (χ1v) is 10.2. The molecule has 1 aromatic carbocycles. The number of fused-ring (bicyclic) bond motifs is 1. The van der Waals surface area contributed by atoms with Gasteiger partial charge in [0.05, 0.1) is 17.7 Å². The normalized spacial score (nSPS) is 11.0. The maximum Gasteiger partial charge on any atom is 0.343 e. The van der Waals surface area contributed by atoms with Crippen molar-refractivity contribution >= 4 is 39.9 Å². The first-order valence-electron chi connectivity index (χ1n) is 8.90. The predicted octanol–water partition coefficient (Wildman–Crippen LogP) is 4.65. The molecule has 0 bridgehead atoms. The highest BCUT2D eigenvalue weighted by atomic mass is 35.5. The van der Waals surface area contributed by atoms with E-state index >= 15 is 0 Å². The van der Waals surface area contributed by atoms with Gasteiger partial charge in [-0.15, -0.1) is 11.3 Å². The zero-order valence-corrected chi connectivity index (χ0v) is 17.3. The van der Waals surface area contributed by atoms with Gasteiger partial charge in [0.25, 0.3) is 0 Å². The second kappa shape index (κ2) is 7.77. The lowest BCUT2D eigenvalue weighted by atomic mass is 10.1. The number of pyridine rings is 2. The Morgan fingerprint density at radius 1 is 1.24 bits per heavy atom. The Balaban J connectivity index is 1.99. The number of ether oxygens (including phenoxy) is 1. The summed E-state index contributed by atoms with van der Waals surface area (Å²) in [6.45, 7) is 3.62. The summed E-state index contributed by atoms with van der Waals surface area (Å²) in [5, 5.41) is 3.05. The Bertz CT molecular complexity index is 1280. The largest absolute Gasteiger partial charge is 0.462 e. The van der Waals surface area contributed by atoms with E-state index in [0.29, 0.717) is 21.7 Å². The molecule has 3 heterocycles. The summed E-state index contributed by atoms with van der Waals surface area (Å²) in [6, 6.07) is 11.3. The van der Waals surface area contributed by atoms with Crippen LogP contribution in [0.3, 0.4) is 0 Å². The molecule has 0 N–H and O–H groups in total. The fourth-order valence-corrected chi connectivity index (χ4v) is 4.12. The lowest BCUT2D eigenvalue weighted by Gasteiger charge is -2.12. The van der Waals surface area contributed by atoms with Crippen LogP contribution in [0, 0.1) is 6.92 Å². The average Bonchev–Trinajstić information content (AvgIpc) is 3.18. The van der Waals surface area contributed by atoms with Gasteiger partial charge < -0.3 is 4.74 Å². The van der Waals surface area contributed by atoms with Crippen molar-refractivity contribution in [1.82, 2.24) is 14.5 Å². The van der Waals surface area contributed by atoms with E-state index in [1.807, 2.05) is 35.7 Å². The summed E-state index contributed by atoms with van der Waals surface area (Å²) in [7, 11) is 0. The van der Waals surface area contributed by atoms with Crippen LogP contribution in [0.5, 0.6) is 0 Å². The molecule has 3 aromatic heterocycles. The number of hydrogen-bond acceptors (Lipinski definition) is 6. The summed E-state index contributed by atoms with van der Waals surface area (Å²) >= 11 is 7.53. The SMILES string of the molecule is CCOC(=O)c1cn(-c2nc(-c3ccccc3)cs2)c2nc(Cl)cc(C)c2c1=O. The molecule has 0 unspecified atom stereocenters. The van der Waals surface area contributed by atoms with E-state index in [9.17, 15) is 9.59 Å². The fourth-order valence-electron chi connectivity index (χ4n) is 3.07. The Kier molecular flexibility index (Phi) is 5.17. The summed E-state index contributed by atoms with van der Waals surface area (Å²) in [6.07, 6.45) is 1.43. The number of hydrogen-bond donors (Lipinski definition) is 0. The smallest absolute Gasteiger partial charge is 0.343 e. The molecule has 0 saturated carbocycles. The standard InChI is InChI=1S/C21H16ClN3O3S/c1-3-28-20(27)14-10-25(19-17(18(14)26)12(2)9-16(22)24-19)21-23-15(11-29-21)13-7-5-4-6-8-13/h4-11H,3H2,1-2H3. The van der Waals surface area contributed by atoms with Crippen molar-refractivity contribution in [3.63, 3.8) is 0 Å². The highest BCUT2D eigenvalue weighted by molar-refractivity contribution is 7.12. The van der Waals surface area contributed by atoms with Gasteiger partial charge in [-0.1, -0.05) is 41.9 Å². The third-order valence-corrected chi connectivity index (χ3v) is 5.42. The highest BCUT2D eigenvalue weighted by Gasteiger charge is 2.21. The van der Waals surface area contributed by atoms with Crippen LogP contribution in [-0.4, -0.2) is 27.1 Å². The number of benzene rings is 1. The molecule has 0 amide bonds. The fraction of sp³-hybridized carbons (Fsp3) is 0.143. The second-order valence-electron chi connectivity index (χ2n) is 6.30. The van der Waals surface area contributed by atoms with E-state index in [2.05, 4.69) is 9.97 Å². The number of halogens is 1. The summed E-state index contributed by atoms with van der Waals surface area (Å²) in [5.41, 5.74) is 2.23. The summed E-state index contributed by atoms with van der Waals surface area (Å²) in [4.78, 5) is 34.4. The number of rotatable bonds is 4. The molecule has 0 spiro atoms. The van der Waals surface area contributed by atoms with Gasteiger partial charge in [0.1, 0.15) is 10.7 Å². The second-order valence-corrected chi connectivity index (χ2v) is 7.53. The Morgan fingerprint density at radius 2 is 2.00 bits per heavy atom. The minimum atomic E-state index is -0.678. The molecule has 4 aromatic rings. The Hall–Kier alpha value is -3.03. The molecule has 8 heteroatoms. The maximum absolute atomic E-state index is 13.0. The van der Waals surface area contributed by atoms with E-state index in [4.69, 9.17) is 16.3 Å². The van der Waals surface area contributed by atoms with Gasteiger partial charge in [-0.3, -0.25) is 9.36 Å². The molecule has 0 fully saturated rings. The van der Waals surface area contributed by atoms with Crippen molar-refractivity contribution in [3.8, 4) is 16.4 Å². The number of aromatic nitrogens is 3. The third-order valence-electron chi connectivity index (χ3n) is 4.39. The van der Waals surface area contributed by atoms with Gasteiger partial charge in [0, 0.05) is 17.1 Å². The number of carbonyl (C=O) groups is 1. The van der Waals surface area contributed by atoms with Crippen LogP contribution >= 0.6 is 22.9 Å². The number of thiazole rings is 1. The van der Waals surface area contributed by atoms with Crippen LogP contribution in [0.1, 0.15) is 22.8 Å². The Morgan fingerprint density at radius 3 is 2.72 bits per heavy atom. The van der Waals surface area contributed by atoms with Crippen molar-refractivity contribution in [2.45, 2.75) is 13.8 Å². The maximum atomic E-state index is 13.0. The quantitative estimate of drug-likeness (QED) is 0.351. The lowest BCUT2D eigenvalue weighted by molar-refractivity contribution is 0.0524. The number of carbonyl (C=O) groups excluding carboxylic acids is 1. The predicted molar refractivity (Wildman–Crippen MR) is 114 cm³/mol. The molecule has 29 heavy (non-hydrogen) atoms. The van der Waals surface area contributed by atoms with Crippen molar-refractivity contribution in [2.75, 3.05) is 6.61 Å². The van der Waals surface area contributed by atoms with Crippen molar-refractivity contribution < 1.29 is 9.53 Å². The highest BCUT2D eigenvalue weighted by Crippen LogP contribution is 2.27. The Labute approximate surface area is 175 Å². The molecule has 0 radical (unpaired) electrons. The van der Waals surface area contributed by atoms with Gasteiger partial charge in [-0.2, -0.15) is 0 Å². The van der Waals surface area contributed by atoms with Gasteiger partial charge >= 0.3 is 5.97 Å². The number of esters is 1.